The molecular formula is C17H26N2O3S. The van der Waals surface area contributed by atoms with Crippen molar-refractivity contribution in [2.24, 2.45) is 5.92 Å². The SMILES string of the molecule is CC(C)Cc1ccc(C(=O)N2CCCN(S(C)(=O)=O)CC2)cc1. The van der Waals surface area contributed by atoms with E-state index in [1.54, 1.807) is 4.90 Å². The van der Waals surface area contributed by atoms with Gasteiger partial charge in [-0.25, -0.2) is 12.7 Å². The fourth-order valence-electron chi connectivity index (χ4n) is 2.87. The van der Waals surface area contributed by atoms with Gasteiger partial charge >= 0.3 is 0 Å². The second kappa shape index (κ2) is 7.45. The van der Waals surface area contributed by atoms with E-state index in [1.807, 2.05) is 24.3 Å². The van der Waals surface area contributed by atoms with Crippen LogP contribution in [0.15, 0.2) is 24.3 Å². The van der Waals surface area contributed by atoms with Gasteiger partial charge in [-0.3, -0.25) is 4.79 Å². The number of hydrogen-bond donors (Lipinski definition) is 0. The largest absolute Gasteiger partial charge is 0.337 e. The van der Waals surface area contributed by atoms with Crippen molar-refractivity contribution in [1.82, 2.24) is 9.21 Å². The average Bonchev–Trinajstić information content (AvgIpc) is 2.72. The quantitative estimate of drug-likeness (QED) is 0.844. The van der Waals surface area contributed by atoms with Crippen LogP contribution >= 0.6 is 0 Å². The summed E-state index contributed by atoms with van der Waals surface area (Å²) in [5.74, 6) is 0.570. The van der Waals surface area contributed by atoms with Crippen LogP contribution < -0.4 is 0 Å². The number of carbonyl (C=O) groups is 1. The summed E-state index contributed by atoms with van der Waals surface area (Å²) in [6, 6.07) is 7.76. The van der Waals surface area contributed by atoms with Crippen LogP contribution in [0.4, 0.5) is 0 Å². The predicted molar refractivity (Wildman–Crippen MR) is 91.9 cm³/mol. The highest BCUT2D eigenvalue weighted by Crippen LogP contribution is 2.14. The van der Waals surface area contributed by atoms with Crippen LogP contribution in [-0.4, -0.2) is 56.0 Å². The molecule has 0 radical (unpaired) electrons. The summed E-state index contributed by atoms with van der Waals surface area (Å²) in [7, 11) is -3.18. The molecule has 0 bridgehead atoms. The monoisotopic (exact) mass is 338 g/mol. The Hall–Kier alpha value is -1.40. The maximum absolute atomic E-state index is 12.6. The number of nitrogens with zero attached hydrogens (tertiary/aromatic N) is 2. The number of benzene rings is 1. The molecule has 0 N–H and O–H groups in total. The summed E-state index contributed by atoms with van der Waals surface area (Å²) < 4.78 is 24.7. The van der Waals surface area contributed by atoms with Gasteiger partial charge in [0.25, 0.3) is 5.91 Å². The number of hydrogen-bond acceptors (Lipinski definition) is 3. The van der Waals surface area contributed by atoms with Gasteiger partial charge in [-0.05, 0) is 36.5 Å². The number of carbonyl (C=O) groups excluding carboxylic acids is 1. The molecule has 0 saturated carbocycles. The maximum atomic E-state index is 12.6. The Bertz CT molecular complexity index is 638. The predicted octanol–water partition coefficient (Wildman–Crippen LogP) is 1.99. The molecule has 5 nitrogen and oxygen atoms in total. The van der Waals surface area contributed by atoms with E-state index in [1.165, 1.54) is 16.1 Å². The molecule has 6 heteroatoms. The number of amides is 1. The molecule has 23 heavy (non-hydrogen) atoms. The lowest BCUT2D eigenvalue weighted by Gasteiger charge is -2.21. The van der Waals surface area contributed by atoms with Gasteiger partial charge in [-0.15, -0.1) is 0 Å². The van der Waals surface area contributed by atoms with Crippen LogP contribution in [0.1, 0.15) is 36.2 Å². The Morgan fingerprint density at radius 2 is 1.74 bits per heavy atom. The molecule has 1 heterocycles. The van der Waals surface area contributed by atoms with Crippen molar-refractivity contribution in [3.8, 4) is 0 Å². The summed E-state index contributed by atoms with van der Waals surface area (Å²) >= 11 is 0. The third-order valence-corrected chi connectivity index (χ3v) is 5.36. The molecule has 128 valence electrons. The van der Waals surface area contributed by atoms with E-state index < -0.39 is 10.0 Å². The van der Waals surface area contributed by atoms with Crippen molar-refractivity contribution in [1.29, 1.82) is 0 Å². The zero-order valence-corrected chi connectivity index (χ0v) is 15.0. The number of rotatable bonds is 4. The molecule has 1 saturated heterocycles. The number of sulfonamides is 1. The van der Waals surface area contributed by atoms with Gasteiger partial charge in [0.2, 0.25) is 10.0 Å². The Labute approximate surface area is 139 Å². The van der Waals surface area contributed by atoms with Crippen molar-refractivity contribution in [2.45, 2.75) is 26.7 Å². The van der Waals surface area contributed by atoms with Crippen LogP contribution in [0, 0.1) is 5.92 Å². The van der Waals surface area contributed by atoms with Gasteiger partial charge in [0.05, 0.1) is 6.26 Å². The summed E-state index contributed by atoms with van der Waals surface area (Å²) in [5.41, 5.74) is 1.90. The minimum atomic E-state index is -3.18. The molecule has 1 amide bonds. The molecule has 1 aromatic carbocycles. The molecular weight excluding hydrogens is 312 g/mol. The van der Waals surface area contributed by atoms with Gasteiger partial charge in [-0.2, -0.15) is 0 Å². The molecule has 1 aliphatic heterocycles. The maximum Gasteiger partial charge on any atom is 0.253 e. The summed E-state index contributed by atoms with van der Waals surface area (Å²) in [6.45, 7) is 6.23. The van der Waals surface area contributed by atoms with Gasteiger partial charge in [0.15, 0.2) is 0 Å². The highest BCUT2D eigenvalue weighted by molar-refractivity contribution is 7.88. The first-order chi connectivity index (χ1) is 10.8. The standard InChI is InChI=1S/C17H26N2O3S/c1-14(2)13-15-5-7-16(8-6-15)17(20)18-9-4-10-19(12-11-18)23(3,21)22/h5-8,14H,4,9-13H2,1-3H3. The van der Waals surface area contributed by atoms with E-state index in [0.29, 0.717) is 44.1 Å². The Kier molecular flexibility index (Phi) is 5.81. The van der Waals surface area contributed by atoms with E-state index in [0.717, 1.165) is 6.42 Å². The summed E-state index contributed by atoms with van der Waals surface area (Å²) in [6.07, 6.45) is 2.89. The average molecular weight is 338 g/mol. The normalized spacial score (nSPS) is 17.3. The van der Waals surface area contributed by atoms with Crippen molar-refractivity contribution in [3.05, 3.63) is 35.4 Å². The van der Waals surface area contributed by atoms with Gasteiger partial charge < -0.3 is 4.90 Å². The zero-order chi connectivity index (χ0) is 17.0. The van der Waals surface area contributed by atoms with E-state index in [9.17, 15) is 13.2 Å². The van der Waals surface area contributed by atoms with Crippen LogP contribution in [0.2, 0.25) is 0 Å². The Morgan fingerprint density at radius 3 is 2.30 bits per heavy atom. The zero-order valence-electron chi connectivity index (χ0n) is 14.2. The minimum absolute atomic E-state index is 0.0172. The molecule has 0 aliphatic carbocycles. The second-order valence-corrected chi connectivity index (χ2v) is 8.59. The van der Waals surface area contributed by atoms with Crippen LogP contribution in [0.5, 0.6) is 0 Å². The first-order valence-corrected chi connectivity index (χ1v) is 9.95. The van der Waals surface area contributed by atoms with Gasteiger partial charge in [0, 0.05) is 31.7 Å². The van der Waals surface area contributed by atoms with Crippen molar-refractivity contribution in [3.63, 3.8) is 0 Å². The van der Waals surface area contributed by atoms with E-state index >= 15 is 0 Å². The van der Waals surface area contributed by atoms with Gasteiger partial charge in [0.1, 0.15) is 0 Å². The van der Waals surface area contributed by atoms with Crippen molar-refractivity contribution in [2.75, 3.05) is 32.4 Å². The molecule has 0 spiro atoms. The third-order valence-electron chi connectivity index (χ3n) is 4.06. The molecule has 0 atom stereocenters. The third kappa shape index (κ3) is 5.04. The second-order valence-electron chi connectivity index (χ2n) is 6.60. The molecule has 0 unspecified atom stereocenters. The fourth-order valence-corrected chi connectivity index (χ4v) is 3.74. The fraction of sp³-hybridized carbons (Fsp3) is 0.588. The van der Waals surface area contributed by atoms with Gasteiger partial charge in [-0.1, -0.05) is 26.0 Å². The van der Waals surface area contributed by atoms with Crippen LogP contribution in [-0.2, 0) is 16.4 Å². The molecule has 0 aromatic heterocycles. The first-order valence-electron chi connectivity index (χ1n) is 8.10. The molecule has 2 rings (SSSR count). The Morgan fingerprint density at radius 1 is 1.09 bits per heavy atom. The first kappa shape index (κ1) is 17.9. The van der Waals surface area contributed by atoms with Crippen LogP contribution in [0.3, 0.4) is 0 Å². The smallest absolute Gasteiger partial charge is 0.253 e. The van der Waals surface area contributed by atoms with E-state index in [2.05, 4.69) is 13.8 Å². The summed E-state index contributed by atoms with van der Waals surface area (Å²) in [5, 5.41) is 0. The minimum Gasteiger partial charge on any atom is -0.337 e. The lowest BCUT2D eigenvalue weighted by Crippen LogP contribution is -2.36. The molecule has 1 aliphatic rings. The van der Waals surface area contributed by atoms with E-state index in [4.69, 9.17) is 0 Å². The summed E-state index contributed by atoms with van der Waals surface area (Å²) in [4.78, 5) is 14.4. The topological polar surface area (TPSA) is 57.7 Å². The highest BCUT2D eigenvalue weighted by Gasteiger charge is 2.24. The highest BCUT2D eigenvalue weighted by atomic mass is 32.2. The molecule has 1 aromatic rings. The van der Waals surface area contributed by atoms with Crippen LogP contribution in [0.25, 0.3) is 0 Å². The van der Waals surface area contributed by atoms with Crippen molar-refractivity contribution >= 4 is 15.9 Å². The van der Waals surface area contributed by atoms with Crippen molar-refractivity contribution < 1.29 is 13.2 Å². The van der Waals surface area contributed by atoms with E-state index in [-0.39, 0.29) is 5.91 Å². The molecule has 1 fully saturated rings. The lowest BCUT2D eigenvalue weighted by molar-refractivity contribution is 0.0764. The lowest BCUT2D eigenvalue weighted by atomic mass is 10.0. The Balaban J connectivity index is 2.03.